The van der Waals surface area contributed by atoms with Crippen molar-refractivity contribution in [3.05, 3.63) is 30.2 Å². The van der Waals surface area contributed by atoms with E-state index in [9.17, 15) is 0 Å². The Bertz CT molecular complexity index is 278. The Kier molecular flexibility index (Phi) is 5.81. The monoisotopic (exact) mass is 209 g/mol. The van der Waals surface area contributed by atoms with Crippen LogP contribution < -0.4 is 5.32 Å². The summed E-state index contributed by atoms with van der Waals surface area (Å²) in [6.07, 6.45) is 6.71. The Morgan fingerprint density at radius 3 is 3.07 bits per heavy atom. The molecule has 84 valence electrons. The lowest BCUT2D eigenvalue weighted by molar-refractivity contribution is 0.199. The SMILES string of the molecule is COCCNCCC=C(C)c1ccoc1. The summed E-state index contributed by atoms with van der Waals surface area (Å²) >= 11 is 0. The highest BCUT2D eigenvalue weighted by atomic mass is 16.5. The molecule has 1 aromatic rings. The van der Waals surface area contributed by atoms with Gasteiger partial charge in [0.05, 0.1) is 19.1 Å². The zero-order valence-corrected chi connectivity index (χ0v) is 9.45. The van der Waals surface area contributed by atoms with E-state index in [2.05, 4.69) is 18.3 Å². The fourth-order valence-corrected chi connectivity index (χ4v) is 1.30. The number of furan rings is 1. The van der Waals surface area contributed by atoms with Crippen LogP contribution in [0.3, 0.4) is 0 Å². The van der Waals surface area contributed by atoms with Gasteiger partial charge in [-0.05, 0) is 31.5 Å². The van der Waals surface area contributed by atoms with Gasteiger partial charge in [-0.15, -0.1) is 0 Å². The van der Waals surface area contributed by atoms with Gasteiger partial charge in [-0.25, -0.2) is 0 Å². The van der Waals surface area contributed by atoms with Crippen LogP contribution in [0, 0.1) is 0 Å². The number of hydrogen-bond acceptors (Lipinski definition) is 3. The molecule has 0 saturated carbocycles. The Balaban J connectivity index is 2.15. The average molecular weight is 209 g/mol. The summed E-state index contributed by atoms with van der Waals surface area (Å²) in [6.45, 7) is 4.76. The van der Waals surface area contributed by atoms with E-state index in [0.29, 0.717) is 0 Å². The van der Waals surface area contributed by atoms with Crippen LogP contribution in [0.5, 0.6) is 0 Å². The van der Waals surface area contributed by atoms with Crippen molar-refractivity contribution in [2.75, 3.05) is 26.8 Å². The first-order valence-electron chi connectivity index (χ1n) is 5.23. The largest absolute Gasteiger partial charge is 0.472 e. The molecule has 0 saturated heterocycles. The first kappa shape index (κ1) is 12.0. The molecule has 0 fully saturated rings. The standard InChI is InChI=1S/C12H19NO2/c1-11(12-5-8-15-10-12)4-3-6-13-7-9-14-2/h4-5,8,10,13H,3,6-7,9H2,1-2H3. The highest BCUT2D eigenvalue weighted by molar-refractivity contribution is 5.62. The fraction of sp³-hybridized carbons (Fsp3) is 0.500. The van der Waals surface area contributed by atoms with Crippen molar-refractivity contribution in [2.45, 2.75) is 13.3 Å². The van der Waals surface area contributed by atoms with Crippen LogP contribution >= 0.6 is 0 Å². The summed E-state index contributed by atoms with van der Waals surface area (Å²) in [4.78, 5) is 0. The molecule has 0 aliphatic carbocycles. The Hall–Kier alpha value is -1.06. The molecule has 0 spiro atoms. The van der Waals surface area contributed by atoms with E-state index in [0.717, 1.165) is 31.7 Å². The van der Waals surface area contributed by atoms with Crippen LogP contribution in [0.2, 0.25) is 0 Å². The topological polar surface area (TPSA) is 34.4 Å². The molecule has 0 amide bonds. The Morgan fingerprint density at radius 2 is 2.40 bits per heavy atom. The van der Waals surface area contributed by atoms with E-state index >= 15 is 0 Å². The summed E-state index contributed by atoms with van der Waals surface area (Å²) in [5.41, 5.74) is 2.42. The number of allylic oxidation sites excluding steroid dienone is 1. The predicted octanol–water partition coefficient (Wildman–Crippen LogP) is 2.31. The third kappa shape index (κ3) is 4.81. The summed E-state index contributed by atoms with van der Waals surface area (Å²) in [7, 11) is 1.71. The molecule has 0 aliphatic rings. The van der Waals surface area contributed by atoms with E-state index in [1.54, 1.807) is 19.6 Å². The second-order valence-corrected chi connectivity index (χ2v) is 3.43. The van der Waals surface area contributed by atoms with Crippen molar-refractivity contribution in [3.8, 4) is 0 Å². The van der Waals surface area contributed by atoms with Gasteiger partial charge in [-0.1, -0.05) is 6.08 Å². The molecule has 0 bridgehead atoms. The van der Waals surface area contributed by atoms with Gasteiger partial charge in [-0.3, -0.25) is 0 Å². The molecule has 0 atom stereocenters. The van der Waals surface area contributed by atoms with Crippen molar-refractivity contribution in [1.29, 1.82) is 0 Å². The molecule has 1 N–H and O–H groups in total. The van der Waals surface area contributed by atoms with Crippen LogP contribution in [0.15, 0.2) is 29.1 Å². The van der Waals surface area contributed by atoms with Gasteiger partial charge < -0.3 is 14.5 Å². The van der Waals surface area contributed by atoms with Crippen LogP contribution in [-0.4, -0.2) is 26.8 Å². The maximum absolute atomic E-state index is 5.02. The maximum atomic E-state index is 5.02. The van der Waals surface area contributed by atoms with E-state index in [-0.39, 0.29) is 0 Å². The lowest BCUT2D eigenvalue weighted by Crippen LogP contribution is -2.19. The summed E-state index contributed by atoms with van der Waals surface area (Å²) < 4.78 is 9.96. The molecule has 1 aromatic heterocycles. The lowest BCUT2D eigenvalue weighted by Gasteiger charge is -2.01. The molecule has 0 radical (unpaired) electrons. The van der Waals surface area contributed by atoms with E-state index in [1.165, 1.54) is 5.57 Å². The average Bonchev–Trinajstić information content (AvgIpc) is 2.76. The fourth-order valence-electron chi connectivity index (χ4n) is 1.30. The molecule has 0 aromatic carbocycles. The molecule has 3 heteroatoms. The van der Waals surface area contributed by atoms with Crippen LogP contribution in [0.1, 0.15) is 18.9 Å². The van der Waals surface area contributed by atoms with Gasteiger partial charge in [0, 0.05) is 19.2 Å². The van der Waals surface area contributed by atoms with Gasteiger partial charge >= 0.3 is 0 Å². The Labute approximate surface area is 91.1 Å². The number of nitrogens with one attached hydrogen (secondary N) is 1. The third-order valence-electron chi connectivity index (χ3n) is 2.23. The summed E-state index contributed by atoms with van der Waals surface area (Å²) in [5.74, 6) is 0. The zero-order chi connectivity index (χ0) is 10.9. The second-order valence-electron chi connectivity index (χ2n) is 3.43. The molecule has 15 heavy (non-hydrogen) atoms. The third-order valence-corrected chi connectivity index (χ3v) is 2.23. The molecule has 1 rings (SSSR count). The van der Waals surface area contributed by atoms with E-state index in [1.807, 2.05) is 6.07 Å². The maximum Gasteiger partial charge on any atom is 0.0977 e. The quantitative estimate of drug-likeness (QED) is 0.700. The molecule has 0 unspecified atom stereocenters. The molecular formula is C12H19NO2. The van der Waals surface area contributed by atoms with E-state index in [4.69, 9.17) is 9.15 Å². The zero-order valence-electron chi connectivity index (χ0n) is 9.45. The van der Waals surface area contributed by atoms with Gasteiger partial charge in [0.15, 0.2) is 0 Å². The minimum atomic E-state index is 0.768. The predicted molar refractivity (Wildman–Crippen MR) is 61.7 cm³/mol. The minimum Gasteiger partial charge on any atom is -0.472 e. The first-order valence-corrected chi connectivity index (χ1v) is 5.23. The number of rotatable bonds is 7. The van der Waals surface area contributed by atoms with E-state index < -0.39 is 0 Å². The van der Waals surface area contributed by atoms with Crippen LogP contribution in [0.25, 0.3) is 5.57 Å². The lowest BCUT2D eigenvalue weighted by atomic mass is 10.1. The van der Waals surface area contributed by atoms with Crippen molar-refractivity contribution in [3.63, 3.8) is 0 Å². The van der Waals surface area contributed by atoms with Gasteiger partial charge in [-0.2, -0.15) is 0 Å². The second kappa shape index (κ2) is 7.26. The van der Waals surface area contributed by atoms with Gasteiger partial charge in [0.1, 0.15) is 0 Å². The summed E-state index contributed by atoms with van der Waals surface area (Å²) in [5, 5.41) is 3.29. The highest BCUT2D eigenvalue weighted by Gasteiger charge is 1.95. The van der Waals surface area contributed by atoms with Gasteiger partial charge in [0.2, 0.25) is 0 Å². The van der Waals surface area contributed by atoms with Crippen LogP contribution in [0.4, 0.5) is 0 Å². The summed E-state index contributed by atoms with van der Waals surface area (Å²) in [6, 6.07) is 1.98. The molecule has 1 heterocycles. The van der Waals surface area contributed by atoms with Crippen LogP contribution in [-0.2, 0) is 4.74 Å². The Morgan fingerprint density at radius 1 is 1.53 bits per heavy atom. The smallest absolute Gasteiger partial charge is 0.0977 e. The van der Waals surface area contributed by atoms with Crippen molar-refractivity contribution in [1.82, 2.24) is 5.32 Å². The number of hydrogen-bond donors (Lipinski definition) is 1. The first-order chi connectivity index (χ1) is 7.34. The minimum absolute atomic E-state index is 0.768. The molecule has 0 aliphatic heterocycles. The highest BCUT2D eigenvalue weighted by Crippen LogP contribution is 2.13. The normalized spacial score (nSPS) is 12.0. The van der Waals surface area contributed by atoms with Gasteiger partial charge in [0.25, 0.3) is 0 Å². The number of ether oxygens (including phenoxy) is 1. The van der Waals surface area contributed by atoms with Crippen molar-refractivity contribution in [2.24, 2.45) is 0 Å². The number of methoxy groups -OCH3 is 1. The van der Waals surface area contributed by atoms with Crippen molar-refractivity contribution < 1.29 is 9.15 Å². The van der Waals surface area contributed by atoms with Crippen molar-refractivity contribution >= 4 is 5.57 Å². The molecular weight excluding hydrogens is 190 g/mol. The molecule has 3 nitrogen and oxygen atoms in total.